The van der Waals surface area contributed by atoms with Crippen LogP contribution in [-0.2, 0) is 0 Å². The molecule has 0 atom stereocenters. The van der Waals surface area contributed by atoms with Gasteiger partial charge in [0.1, 0.15) is 0 Å². The first-order valence-corrected chi connectivity index (χ1v) is 7.60. The number of hydrogen-bond acceptors (Lipinski definition) is 3. The lowest BCUT2D eigenvalue weighted by Gasteiger charge is -2.15. The molecular weight excluding hydrogens is 228 g/mol. The summed E-state index contributed by atoms with van der Waals surface area (Å²) in [5.41, 5.74) is 2.79. The molecule has 14 heavy (non-hydrogen) atoms. The van der Waals surface area contributed by atoms with Gasteiger partial charge >= 0.3 is 0 Å². The number of benzene rings is 1. The molecule has 1 aromatic carbocycles. The Balaban J connectivity index is 2.25. The van der Waals surface area contributed by atoms with Gasteiger partial charge in [-0.05, 0) is 18.1 Å². The van der Waals surface area contributed by atoms with Crippen LogP contribution in [0.2, 0.25) is 0 Å². The molecule has 0 amide bonds. The molecule has 3 heteroatoms. The monoisotopic (exact) mass is 240 g/mol. The second kappa shape index (κ2) is 5.19. The average molecular weight is 240 g/mol. The first kappa shape index (κ1) is 10.5. The van der Waals surface area contributed by atoms with Gasteiger partial charge in [-0.25, -0.2) is 0 Å². The third kappa shape index (κ3) is 2.53. The molecule has 1 aliphatic heterocycles. The molecule has 1 fully saturated rings. The van der Waals surface area contributed by atoms with Gasteiger partial charge in [0, 0.05) is 14.4 Å². The fraction of sp³-hybridized carbons (Fsp3) is 0.273. The van der Waals surface area contributed by atoms with Gasteiger partial charge in [0.05, 0.1) is 0 Å². The Bertz CT molecular complexity index is 322. The SMILES string of the molecule is CC(=C1SCSCS1)c1ccccc1. The molecule has 1 aliphatic rings. The fourth-order valence-electron chi connectivity index (χ4n) is 1.29. The first-order valence-electron chi connectivity index (χ1n) is 4.47. The number of rotatable bonds is 1. The lowest BCUT2D eigenvalue weighted by atomic mass is 10.1. The van der Waals surface area contributed by atoms with E-state index in [4.69, 9.17) is 0 Å². The zero-order valence-corrected chi connectivity index (χ0v) is 10.5. The highest BCUT2D eigenvalue weighted by Crippen LogP contribution is 2.43. The van der Waals surface area contributed by atoms with Crippen LogP contribution < -0.4 is 0 Å². The lowest BCUT2D eigenvalue weighted by molar-refractivity contribution is 1.57. The zero-order chi connectivity index (χ0) is 9.80. The minimum absolute atomic E-state index is 1.20. The van der Waals surface area contributed by atoms with E-state index >= 15 is 0 Å². The molecule has 0 nitrogen and oxygen atoms in total. The Labute approximate surface area is 97.9 Å². The van der Waals surface area contributed by atoms with E-state index in [9.17, 15) is 0 Å². The van der Waals surface area contributed by atoms with E-state index in [2.05, 4.69) is 37.3 Å². The summed E-state index contributed by atoms with van der Waals surface area (Å²) >= 11 is 5.95. The maximum Gasteiger partial charge on any atom is 0.0453 e. The van der Waals surface area contributed by atoms with Gasteiger partial charge in [0.2, 0.25) is 0 Å². The van der Waals surface area contributed by atoms with Crippen molar-refractivity contribution in [2.45, 2.75) is 6.92 Å². The molecule has 1 saturated heterocycles. The molecule has 0 radical (unpaired) electrons. The number of thioether (sulfide) groups is 3. The molecule has 0 bridgehead atoms. The molecule has 0 aliphatic carbocycles. The highest BCUT2D eigenvalue weighted by atomic mass is 32.3. The van der Waals surface area contributed by atoms with Crippen LogP contribution in [0.1, 0.15) is 12.5 Å². The van der Waals surface area contributed by atoms with Crippen LogP contribution in [0.15, 0.2) is 34.6 Å². The quantitative estimate of drug-likeness (QED) is 0.709. The summed E-state index contributed by atoms with van der Waals surface area (Å²) in [6, 6.07) is 10.6. The molecule has 0 saturated carbocycles. The number of allylic oxidation sites excluding steroid dienone is 1. The van der Waals surface area contributed by atoms with Crippen molar-refractivity contribution in [3.8, 4) is 0 Å². The molecule has 0 N–H and O–H groups in total. The van der Waals surface area contributed by atoms with Gasteiger partial charge in [-0.1, -0.05) is 30.3 Å². The van der Waals surface area contributed by atoms with Gasteiger partial charge in [0.15, 0.2) is 0 Å². The molecule has 74 valence electrons. The highest BCUT2D eigenvalue weighted by Gasteiger charge is 2.10. The molecule has 0 unspecified atom stereocenters. The van der Waals surface area contributed by atoms with Crippen molar-refractivity contribution < 1.29 is 0 Å². The van der Waals surface area contributed by atoms with E-state index < -0.39 is 0 Å². The molecule has 1 heterocycles. The lowest BCUT2D eigenvalue weighted by Crippen LogP contribution is -1.88. The van der Waals surface area contributed by atoms with Crippen molar-refractivity contribution >= 4 is 40.9 Å². The molecule has 0 aromatic heterocycles. The van der Waals surface area contributed by atoms with Crippen LogP contribution >= 0.6 is 35.3 Å². The minimum Gasteiger partial charge on any atom is -0.139 e. The summed E-state index contributed by atoms with van der Waals surface area (Å²) < 4.78 is 1.50. The van der Waals surface area contributed by atoms with Crippen LogP contribution in [0.5, 0.6) is 0 Å². The van der Waals surface area contributed by atoms with E-state index in [1.165, 1.54) is 25.5 Å². The van der Waals surface area contributed by atoms with Crippen LogP contribution in [0.3, 0.4) is 0 Å². The van der Waals surface area contributed by atoms with Gasteiger partial charge in [-0.3, -0.25) is 0 Å². The largest absolute Gasteiger partial charge is 0.139 e. The smallest absolute Gasteiger partial charge is 0.0453 e. The summed E-state index contributed by atoms with van der Waals surface area (Å²) in [7, 11) is 0. The van der Waals surface area contributed by atoms with Crippen molar-refractivity contribution in [2.24, 2.45) is 0 Å². The van der Waals surface area contributed by atoms with Crippen LogP contribution in [0.25, 0.3) is 5.57 Å². The molecule has 2 rings (SSSR count). The van der Waals surface area contributed by atoms with Crippen LogP contribution in [0, 0.1) is 0 Å². The Kier molecular flexibility index (Phi) is 3.90. The molecule has 0 spiro atoms. The molecule has 1 aromatic rings. The predicted molar refractivity (Wildman–Crippen MR) is 71.5 cm³/mol. The Morgan fingerprint density at radius 1 is 1.07 bits per heavy atom. The van der Waals surface area contributed by atoms with Gasteiger partial charge in [-0.2, -0.15) is 0 Å². The van der Waals surface area contributed by atoms with E-state index in [1.54, 1.807) is 0 Å². The van der Waals surface area contributed by atoms with E-state index in [0.29, 0.717) is 0 Å². The van der Waals surface area contributed by atoms with Crippen LogP contribution in [-0.4, -0.2) is 10.2 Å². The summed E-state index contributed by atoms with van der Waals surface area (Å²) in [4.78, 5) is 0. The van der Waals surface area contributed by atoms with Crippen molar-refractivity contribution in [2.75, 3.05) is 10.2 Å². The first-order chi connectivity index (χ1) is 6.88. The minimum atomic E-state index is 1.20. The average Bonchev–Trinajstić information content (AvgIpc) is 2.30. The van der Waals surface area contributed by atoms with E-state index in [1.807, 2.05) is 35.3 Å². The van der Waals surface area contributed by atoms with Crippen molar-refractivity contribution in [1.82, 2.24) is 0 Å². The second-order valence-electron chi connectivity index (χ2n) is 3.01. The third-order valence-corrected chi connectivity index (χ3v) is 6.18. The Morgan fingerprint density at radius 3 is 2.36 bits per heavy atom. The summed E-state index contributed by atoms with van der Waals surface area (Å²) in [6.45, 7) is 2.22. The zero-order valence-electron chi connectivity index (χ0n) is 8.03. The van der Waals surface area contributed by atoms with Crippen molar-refractivity contribution in [1.29, 1.82) is 0 Å². The van der Waals surface area contributed by atoms with Crippen molar-refractivity contribution in [3.63, 3.8) is 0 Å². The highest BCUT2D eigenvalue weighted by molar-refractivity contribution is 8.36. The topological polar surface area (TPSA) is 0 Å². The van der Waals surface area contributed by atoms with E-state index in [-0.39, 0.29) is 0 Å². The maximum atomic E-state index is 2.22. The summed E-state index contributed by atoms with van der Waals surface area (Å²) in [5, 5.41) is 2.40. The summed E-state index contributed by atoms with van der Waals surface area (Å²) in [5.74, 6) is 0. The fourth-order valence-corrected chi connectivity index (χ4v) is 5.56. The Hall–Kier alpha value is 0.01000. The Morgan fingerprint density at radius 2 is 1.71 bits per heavy atom. The maximum absolute atomic E-state index is 2.22. The normalized spacial score (nSPS) is 16.8. The van der Waals surface area contributed by atoms with Crippen LogP contribution in [0.4, 0.5) is 0 Å². The van der Waals surface area contributed by atoms with Gasteiger partial charge in [-0.15, -0.1) is 35.3 Å². The third-order valence-electron chi connectivity index (χ3n) is 2.06. The standard InChI is InChI=1S/C11H12S3/c1-9(10-5-3-2-4-6-10)11-13-7-12-8-14-11/h2-6H,7-8H2,1H3. The molecular formula is C11H12S3. The summed E-state index contributed by atoms with van der Waals surface area (Å²) in [6.07, 6.45) is 0. The number of hydrogen-bond donors (Lipinski definition) is 0. The van der Waals surface area contributed by atoms with Gasteiger partial charge in [0.25, 0.3) is 0 Å². The van der Waals surface area contributed by atoms with Gasteiger partial charge < -0.3 is 0 Å². The van der Waals surface area contributed by atoms with E-state index in [0.717, 1.165) is 0 Å². The second-order valence-corrected chi connectivity index (χ2v) is 6.95. The predicted octanol–water partition coefficient (Wildman–Crippen LogP) is 4.50. The van der Waals surface area contributed by atoms with Crippen molar-refractivity contribution in [3.05, 3.63) is 40.1 Å².